The zero-order valence-corrected chi connectivity index (χ0v) is 8.95. The summed E-state index contributed by atoms with van der Waals surface area (Å²) in [6, 6.07) is 0. The summed E-state index contributed by atoms with van der Waals surface area (Å²) < 4.78 is 5.25. The molecule has 0 saturated carbocycles. The van der Waals surface area contributed by atoms with Crippen LogP contribution in [0.1, 0.15) is 32.6 Å². The van der Waals surface area contributed by atoms with E-state index >= 15 is 0 Å². The fourth-order valence-electron chi connectivity index (χ4n) is 1.83. The molecular weight excluding hydrogens is 192 g/mol. The fourth-order valence-corrected chi connectivity index (χ4v) is 1.83. The number of carbonyl (C=O) groups is 1. The lowest BCUT2D eigenvalue weighted by Crippen LogP contribution is -2.31. The molecule has 1 N–H and O–H groups in total. The molecule has 4 nitrogen and oxygen atoms in total. The van der Waals surface area contributed by atoms with Gasteiger partial charge in [-0.2, -0.15) is 5.10 Å². The van der Waals surface area contributed by atoms with Crippen LogP contribution >= 0.6 is 0 Å². The lowest BCUT2D eigenvalue weighted by Gasteiger charge is -2.06. The van der Waals surface area contributed by atoms with Crippen molar-refractivity contribution in [2.75, 3.05) is 6.61 Å². The van der Waals surface area contributed by atoms with Crippen molar-refractivity contribution in [3.05, 3.63) is 11.6 Å². The molecule has 4 heteroatoms. The summed E-state index contributed by atoms with van der Waals surface area (Å²) in [6.45, 7) is 2.76. The Balaban J connectivity index is 1.84. The van der Waals surface area contributed by atoms with Crippen LogP contribution < -0.4 is 5.43 Å². The molecule has 0 aromatic rings. The predicted octanol–water partition coefficient (Wildman–Crippen LogP) is 1.38. The van der Waals surface area contributed by atoms with Crippen LogP contribution in [0, 0.1) is 0 Å². The van der Waals surface area contributed by atoms with E-state index < -0.39 is 0 Å². The van der Waals surface area contributed by atoms with Crippen LogP contribution in [0.3, 0.4) is 0 Å². The highest BCUT2D eigenvalue weighted by Crippen LogP contribution is 2.15. The smallest absolute Gasteiger partial charge is 0.269 e. The second-order valence-electron chi connectivity index (χ2n) is 4.07. The standard InChI is InChI=1S/C11H16N2O2/c1-8-4-5-9(7-8)12-13-11(14)10-3-2-6-15-10/h7,10H,2-6H2,1H3,(H,13,14)/t10-/m0/s1. The Labute approximate surface area is 89.4 Å². The molecule has 1 fully saturated rings. The molecule has 0 aromatic carbocycles. The summed E-state index contributed by atoms with van der Waals surface area (Å²) in [5.74, 6) is -0.113. The van der Waals surface area contributed by atoms with Crippen LogP contribution in [-0.2, 0) is 9.53 Å². The van der Waals surface area contributed by atoms with E-state index in [-0.39, 0.29) is 12.0 Å². The van der Waals surface area contributed by atoms with E-state index in [0.29, 0.717) is 6.61 Å². The molecule has 0 bridgehead atoms. The van der Waals surface area contributed by atoms with Crippen molar-refractivity contribution in [1.29, 1.82) is 0 Å². The minimum atomic E-state index is -0.291. The Morgan fingerprint density at radius 2 is 2.47 bits per heavy atom. The third kappa shape index (κ3) is 2.65. The van der Waals surface area contributed by atoms with E-state index in [1.165, 1.54) is 5.57 Å². The Hall–Kier alpha value is -1.16. The predicted molar refractivity (Wildman–Crippen MR) is 57.5 cm³/mol. The van der Waals surface area contributed by atoms with Crippen LogP contribution in [0.15, 0.2) is 16.8 Å². The minimum absolute atomic E-state index is 0.113. The first-order chi connectivity index (χ1) is 7.25. The van der Waals surface area contributed by atoms with Crippen molar-refractivity contribution in [3.8, 4) is 0 Å². The van der Waals surface area contributed by atoms with Crippen LogP contribution in [0.2, 0.25) is 0 Å². The maximum atomic E-state index is 11.5. The van der Waals surface area contributed by atoms with Gasteiger partial charge in [0, 0.05) is 6.61 Å². The molecule has 82 valence electrons. The molecule has 0 aromatic heterocycles. The topological polar surface area (TPSA) is 50.7 Å². The van der Waals surface area contributed by atoms with Crippen LogP contribution in [0.4, 0.5) is 0 Å². The number of amides is 1. The number of rotatable bonds is 2. The molecule has 0 radical (unpaired) electrons. The van der Waals surface area contributed by atoms with E-state index in [9.17, 15) is 4.79 Å². The molecule has 0 unspecified atom stereocenters. The van der Waals surface area contributed by atoms with E-state index in [2.05, 4.69) is 17.5 Å². The summed E-state index contributed by atoms with van der Waals surface area (Å²) in [5.41, 5.74) is 4.84. The molecule has 15 heavy (non-hydrogen) atoms. The Kier molecular flexibility index (Phi) is 3.16. The quantitative estimate of drug-likeness (QED) is 0.697. The largest absolute Gasteiger partial charge is 0.368 e. The van der Waals surface area contributed by atoms with Crippen molar-refractivity contribution in [3.63, 3.8) is 0 Å². The molecule has 0 spiro atoms. The second-order valence-corrected chi connectivity index (χ2v) is 4.07. The van der Waals surface area contributed by atoms with E-state index in [1.807, 2.05) is 6.08 Å². The average molecular weight is 208 g/mol. The van der Waals surface area contributed by atoms with Gasteiger partial charge in [-0.3, -0.25) is 4.79 Å². The van der Waals surface area contributed by atoms with Gasteiger partial charge in [0.15, 0.2) is 0 Å². The Morgan fingerprint density at radius 3 is 3.07 bits per heavy atom. The molecule has 1 saturated heterocycles. The van der Waals surface area contributed by atoms with E-state index in [1.54, 1.807) is 0 Å². The lowest BCUT2D eigenvalue weighted by atomic mass is 10.2. The van der Waals surface area contributed by atoms with Gasteiger partial charge in [0.05, 0.1) is 5.71 Å². The highest BCUT2D eigenvalue weighted by Gasteiger charge is 2.23. The lowest BCUT2D eigenvalue weighted by molar-refractivity contribution is -0.130. The monoisotopic (exact) mass is 208 g/mol. The minimum Gasteiger partial charge on any atom is -0.368 e. The Morgan fingerprint density at radius 1 is 1.60 bits per heavy atom. The number of ether oxygens (including phenoxy) is 1. The molecule has 1 amide bonds. The van der Waals surface area contributed by atoms with Crippen molar-refractivity contribution in [1.82, 2.24) is 5.43 Å². The highest BCUT2D eigenvalue weighted by molar-refractivity contribution is 5.98. The first-order valence-electron chi connectivity index (χ1n) is 5.41. The number of allylic oxidation sites excluding steroid dienone is 2. The van der Waals surface area contributed by atoms with Gasteiger partial charge in [0.2, 0.25) is 0 Å². The molecule has 2 aliphatic rings. The SMILES string of the molecule is CC1=CC(=NNC(=O)[C@@H]2CCCO2)CC1. The zero-order valence-electron chi connectivity index (χ0n) is 8.95. The third-order valence-electron chi connectivity index (χ3n) is 2.72. The number of nitrogens with zero attached hydrogens (tertiary/aromatic N) is 1. The number of hydrogen-bond donors (Lipinski definition) is 1. The molecule has 2 rings (SSSR count). The highest BCUT2D eigenvalue weighted by atomic mass is 16.5. The van der Waals surface area contributed by atoms with Crippen LogP contribution in [0.25, 0.3) is 0 Å². The molecule has 1 heterocycles. The van der Waals surface area contributed by atoms with Gasteiger partial charge in [0.25, 0.3) is 5.91 Å². The molecule has 1 aliphatic heterocycles. The van der Waals surface area contributed by atoms with Gasteiger partial charge in [-0.05, 0) is 38.7 Å². The van der Waals surface area contributed by atoms with Crippen molar-refractivity contribution < 1.29 is 9.53 Å². The van der Waals surface area contributed by atoms with Crippen molar-refractivity contribution in [2.24, 2.45) is 5.10 Å². The van der Waals surface area contributed by atoms with Gasteiger partial charge in [-0.15, -0.1) is 0 Å². The molecule has 1 aliphatic carbocycles. The summed E-state index contributed by atoms with van der Waals surface area (Å²) in [4.78, 5) is 11.5. The third-order valence-corrected chi connectivity index (χ3v) is 2.72. The maximum Gasteiger partial charge on any atom is 0.269 e. The first kappa shape index (κ1) is 10.4. The zero-order chi connectivity index (χ0) is 10.7. The summed E-state index contributed by atoms with van der Waals surface area (Å²) in [6.07, 6.45) is 5.49. The van der Waals surface area contributed by atoms with Gasteiger partial charge < -0.3 is 4.74 Å². The van der Waals surface area contributed by atoms with Gasteiger partial charge in [0.1, 0.15) is 6.10 Å². The van der Waals surface area contributed by atoms with Crippen molar-refractivity contribution >= 4 is 11.6 Å². The maximum absolute atomic E-state index is 11.5. The Bertz CT molecular complexity index is 315. The summed E-state index contributed by atoms with van der Waals surface area (Å²) >= 11 is 0. The second kappa shape index (κ2) is 4.57. The van der Waals surface area contributed by atoms with Gasteiger partial charge in [-0.1, -0.05) is 5.57 Å². The number of hydrogen-bond acceptors (Lipinski definition) is 3. The van der Waals surface area contributed by atoms with Gasteiger partial charge in [-0.25, -0.2) is 5.43 Å². The van der Waals surface area contributed by atoms with Gasteiger partial charge >= 0.3 is 0 Å². The van der Waals surface area contributed by atoms with Crippen molar-refractivity contribution in [2.45, 2.75) is 38.7 Å². The summed E-state index contributed by atoms with van der Waals surface area (Å²) in [5, 5.41) is 4.08. The first-order valence-corrected chi connectivity index (χ1v) is 5.41. The van der Waals surface area contributed by atoms with Crippen LogP contribution in [-0.4, -0.2) is 24.3 Å². The van der Waals surface area contributed by atoms with E-state index in [0.717, 1.165) is 31.4 Å². The average Bonchev–Trinajstić information content (AvgIpc) is 2.84. The molecule has 1 atom stereocenters. The number of hydrazone groups is 1. The van der Waals surface area contributed by atoms with E-state index in [4.69, 9.17) is 4.74 Å². The normalized spacial score (nSPS) is 28.2. The summed E-state index contributed by atoms with van der Waals surface area (Å²) in [7, 11) is 0. The number of nitrogens with one attached hydrogen (secondary N) is 1. The fraction of sp³-hybridized carbons (Fsp3) is 0.636. The van der Waals surface area contributed by atoms with Crippen LogP contribution in [0.5, 0.6) is 0 Å². The number of carbonyl (C=O) groups excluding carboxylic acids is 1. The molecular formula is C11H16N2O2.